The minimum Gasteiger partial charge on any atom is -0.444 e. The summed E-state index contributed by atoms with van der Waals surface area (Å²) in [6, 6.07) is 6.15. The van der Waals surface area contributed by atoms with Crippen molar-refractivity contribution in [2.45, 2.75) is 117 Å². The molecule has 3 unspecified atom stereocenters. The highest BCUT2D eigenvalue weighted by atomic mass is 16.6. The molecule has 1 aliphatic rings. The van der Waals surface area contributed by atoms with E-state index >= 15 is 0 Å². The highest BCUT2D eigenvalue weighted by molar-refractivity contribution is 5.92. The zero-order valence-electron chi connectivity index (χ0n) is 22.8. The third-order valence-corrected chi connectivity index (χ3v) is 6.32. The zero-order chi connectivity index (χ0) is 26.3. The summed E-state index contributed by atoms with van der Waals surface area (Å²) in [6.45, 7) is 15.2. The van der Waals surface area contributed by atoms with Gasteiger partial charge in [0.05, 0.1) is 0 Å². The normalized spacial score (nSPS) is 16.6. The van der Waals surface area contributed by atoms with Crippen LogP contribution >= 0.6 is 0 Å². The second-order valence-electron chi connectivity index (χ2n) is 11.2. The lowest BCUT2D eigenvalue weighted by Crippen LogP contribution is -2.59. The van der Waals surface area contributed by atoms with Crippen LogP contribution in [0.4, 0.5) is 4.79 Å². The second-order valence-corrected chi connectivity index (χ2v) is 11.2. The van der Waals surface area contributed by atoms with Gasteiger partial charge in [-0.3, -0.25) is 9.59 Å². The largest absolute Gasteiger partial charge is 0.444 e. The van der Waals surface area contributed by atoms with Crippen molar-refractivity contribution in [3.8, 4) is 0 Å². The summed E-state index contributed by atoms with van der Waals surface area (Å²) >= 11 is 0. The Morgan fingerprint density at radius 3 is 2.26 bits per heavy atom. The zero-order valence-corrected chi connectivity index (χ0v) is 22.8. The summed E-state index contributed by atoms with van der Waals surface area (Å²) in [6.07, 6.45) is 3.86. The molecule has 2 N–H and O–H groups in total. The third-order valence-electron chi connectivity index (χ3n) is 6.32. The van der Waals surface area contributed by atoms with Crippen LogP contribution in [0.1, 0.15) is 97.7 Å². The number of ether oxygens (including phenoxy) is 1. The lowest BCUT2D eigenvalue weighted by molar-refractivity contribution is -0.148. The van der Waals surface area contributed by atoms with Crippen molar-refractivity contribution in [2.75, 3.05) is 0 Å². The summed E-state index contributed by atoms with van der Waals surface area (Å²) in [5.74, 6) is -0.616. The van der Waals surface area contributed by atoms with Crippen LogP contribution in [0.2, 0.25) is 0 Å². The molecule has 0 aliphatic heterocycles. The van der Waals surface area contributed by atoms with Gasteiger partial charge in [0.2, 0.25) is 11.8 Å². The number of amides is 3. The maximum atomic E-state index is 14.1. The highest BCUT2D eigenvalue weighted by Crippen LogP contribution is 2.34. The highest BCUT2D eigenvalue weighted by Gasteiger charge is 2.42. The molecular weight excluding hydrogens is 442 g/mol. The first-order valence-corrected chi connectivity index (χ1v) is 13.0. The number of nitrogens with one attached hydrogen (secondary N) is 2. The lowest BCUT2D eigenvalue weighted by Gasteiger charge is -2.44. The molecule has 0 spiro atoms. The molecule has 3 atom stereocenters. The van der Waals surface area contributed by atoms with Crippen LogP contribution in [-0.2, 0) is 14.3 Å². The summed E-state index contributed by atoms with van der Waals surface area (Å²) in [5.41, 5.74) is 1.13. The van der Waals surface area contributed by atoms with E-state index in [1.807, 2.05) is 52.0 Å². The average Bonchev–Trinajstić information content (AvgIpc) is 2.68. The number of hydrogen-bond acceptors (Lipinski definition) is 4. The predicted octanol–water partition coefficient (Wildman–Crippen LogP) is 5.27. The first-order valence-electron chi connectivity index (χ1n) is 13.0. The number of rotatable bonds is 10. The molecule has 1 aromatic carbocycles. The lowest BCUT2D eigenvalue weighted by atomic mass is 9.87. The van der Waals surface area contributed by atoms with Crippen LogP contribution < -0.4 is 10.6 Å². The SMILES string of the molecule is CCCC(C)NC(=O)C(c1cccc(C)c1)N(C(=O)C(NC(=O)OC(C)(C)C)C(C)C)C1CCC1. The van der Waals surface area contributed by atoms with Gasteiger partial charge >= 0.3 is 6.09 Å². The first kappa shape index (κ1) is 28.7. The summed E-state index contributed by atoms with van der Waals surface area (Å²) in [4.78, 5) is 42.2. The standard InChI is InChI=1S/C28H45N3O4/c1-9-12-20(5)29-25(32)24(21-14-10-13-19(4)17-21)31(22-15-11-16-22)26(33)23(18(2)3)30-27(34)35-28(6,7)8/h10,13-14,17-18,20,22-24H,9,11-12,15-16H2,1-8H3,(H,29,32)(H,30,34). The van der Waals surface area contributed by atoms with Crippen LogP contribution in [0.3, 0.4) is 0 Å². The molecule has 1 fully saturated rings. The van der Waals surface area contributed by atoms with Gasteiger partial charge in [-0.2, -0.15) is 0 Å². The van der Waals surface area contributed by atoms with Crippen LogP contribution in [0, 0.1) is 12.8 Å². The number of alkyl carbamates (subject to hydrolysis) is 1. The van der Waals surface area contributed by atoms with Gasteiger partial charge < -0.3 is 20.3 Å². The molecular formula is C28H45N3O4. The van der Waals surface area contributed by atoms with Gasteiger partial charge in [-0.05, 0) is 71.8 Å². The maximum absolute atomic E-state index is 14.1. The third kappa shape index (κ3) is 8.25. The first-order chi connectivity index (χ1) is 16.3. The smallest absolute Gasteiger partial charge is 0.408 e. The minimum atomic E-state index is -0.807. The molecule has 196 valence electrons. The van der Waals surface area contributed by atoms with Gasteiger partial charge in [-0.1, -0.05) is 57.0 Å². The molecule has 1 saturated carbocycles. The van der Waals surface area contributed by atoms with Crippen molar-refractivity contribution in [3.05, 3.63) is 35.4 Å². The van der Waals surface area contributed by atoms with Gasteiger partial charge in [0.1, 0.15) is 17.7 Å². The van der Waals surface area contributed by atoms with Crippen molar-refractivity contribution < 1.29 is 19.1 Å². The molecule has 0 saturated heterocycles. The van der Waals surface area contributed by atoms with Crippen LogP contribution in [0.5, 0.6) is 0 Å². The Kier molecular flexibility index (Phi) is 10.2. The van der Waals surface area contributed by atoms with Crippen LogP contribution in [0.15, 0.2) is 24.3 Å². The molecule has 0 aromatic heterocycles. The molecule has 35 heavy (non-hydrogen) atoms. The van der Waals surface area contributed by atoms with Crippen molar-refractivity contribution in [1.29, 1.82) is 0 Å². The minimum absolute atomic E-state index is 0.000985. The van der Waals surface area contributed by atoms with E-state index in [0.717, 1.165) is 43.2 Å². The summed E-state index contributed by atoms with van der Waals surface area (Å²) in [5, 5.41) is 5.92. The van der Waals surface area contributed by atoms with E-state index in [9.17, 15) is 14.4 Å². The Morgan fingerprint density at radius 1 is 1.11 bits per heavy atom. The Hall–Kier alpha value is -2.57. The maximum Gasteiger partial charge on any atom is 0.408 e. The molecule has 7 nitrogen and oxygen atoms in total. The monoisotopic (exact) mass is 487 g/mol. The number of carbonyl (C=O) groups excluding carboxylic acids is 3. The number of aryl methyl sites for hydroxylation is 1. The predicted molar refractivity (Wildman–Crippen MR) is 139 cm³/mol. The van der Waals surface area contributed by atoms with E-state index in [2.05, 4.69) is 17.6 Å². The fraction of sp³-hybridized carbons (Fsp3) is 0.679. The number of carbonyl (C=O) groups is 3. The van der Waals surface area contributed by atoms with E-state index in [1.165, 1.54) is 0 Å². The second kappa shape index (κ2) is 12.4. The average molecular weight is 488 g/mol. The van der Waals surface area contributed by atoms with Crippen molar-refractivity contribution >= 4 is 17.9 Å². The van der Waals surface area contributed by atoms with Crippen LogP contribution in [-0.4, -0.2) is 46.5 Å². The van der Waals surface area contributed by atoms with E-state index in [0.29, 0.717) is 0 Å². The van der Waals surface area contributed by atoms with Gasteiger partial charge in [-0.25, -0.2) is 4.79 Å². The van der Waals surface area contributed by atoms with Gasteiger partial charge in [0, 0.05) is 12.1 Å². The topological polar surface area (TPSA) is 87.7 Å². The Bertz CT molecular complexity index is 873. The molecule has 0 heterocycles. The molecule has 0 radical (unpaired) electrons. The van der Waals surface area contributed by atoms with E-state index in [4.69, 9.17) is 4.74 Å². The van der Waals surface area contributed by atoms with Gasteiger partial charge in [0.25, 0.3) is 0 Å². The fourth-order valence-corrected chi connectivity index (χ4v) is 4.40. The van der Waals surface area contributed by atoms with Gasteiger partial charge in [0.15, 0.2) is 0 Å². The summed E-state index contributed by atoms with van der Waals surface area (Å²) < 4.78 is 5.44. The quantitative estimate of drug-likeness (QED) is 0.471. The van der Waals surface area contributed by atoms with Crippen molar-refractivity contribution in [3.63, 3.8) is 0 Å². The number of hydrogen-bond donors (Lipinski definition) is 2. The molecule has 7 heteroatoms. The van der Waals surface area contributed by atoms with E-state index < -0.39 is 23.8 Å². The summed E-state index contributed by atoms with van der Waals surface area (Å²) in [7, 11) is 0. The van der Waals surface area contributed by atoms with E-state index in [1.54, 1.807) is 25.7 Å². The Morgan fingerprint density at radius 2 is 1.77 bits per heavy atom. The number of benzene rings is 1. The van der Waals surface area contributed by atoms with Crippen molar-refractivity contribution in [1.82, 2.24) is 15.5 Å². The molecule has 1 aliphatic carbocycles. The molecule has 1 aromatic rings. The Balaban J connectivity index is 2.46. The molecule has 2 rings (SSSR count). The van der Waals surface area contributed by atoms with Gasteiger partial charge in [-0.15, -0.1) is 0 Å². The Labute approximate surface area is 211 Å². The van der Waals surface area contributed by atoms with E-state index in [-0.39, 0.29) is 29.8 Å². The van der Waals surface area contributed by atoms with Crippen LogP contribution in [0.25, 0.3) is 0 Å². The number of nitrogens with zero attached hydrogens (tertiary/aromatic N) is 1. The molecule has 0 bridgehead atoms. The molecule has 3 amide bonds. The van der Waals surface area contributed by atoms with Crippen molar-refractivity contribution in [2.24, 2.45) is 5.92 Å². The fourth-order valence-electron chi connectivity index (χ4n) is 4.40.